The zero-order valence-electron chi connectivity index (χ0n) is 22.3. The van der Waals surface area contributed by atoms with Crippen molar-refractivity contribution < 1.29 is 9.18 Å². The van der Waals surface area contributed by atoms with Gasteiger partial charge < -0.3 is 14.8 Å². The van der Waals surface area contributed by atoms with Crippen LogP contribution >= 0.6 is 0 Å². The molecule has 5 heteroatoms. The number of nitrogens with one attached hydrogen (secondary N) is 1. The smallest absolute Gasteiger partial charge is 0.226 e. The van der Waals surface area contributed by atoms with E-state index in [9.17, 15) is 9.18 Å². The molecular formula is C32H40FN3O. The van der Waals surface area contributed by atoms with Gasteiger partial charge in [-0.25, -0.2) is 4.39 Å². The summed E-state index contributed by atoms with van der Waals surface area (Å²) in [7, 11) is 4.21. The van der Waals surface area contributed by atoms with E-state index in [-0.39, 0.29) is 23.3 Å². The van der Waals surface area contributed by atoms with E-state index in [0.717, 1.165) is 57.1 Å². The highest BCUT2D eigenvalue weighted by Gasteiger charge is 2.50. The van der Waals surface area contributed by atoms with E-state index in [2.05, 4.69) is 59.2 Å². The van der Waals surface area contributed by atoms with Gasteiger partial charge in [0.2, 0.25) is 5.91 Å². The minimum absolute atomic E-state index is 0.168. The van der Waals surface area contributed by atoms with Crippen LogP contribution in [-0.2, 0) is 16.8 Å². The van der Waals surface area contributed by atoms with Crippen molar-refractivity contribution in [1.29, 1.82) is 0 Å². The maximum atomic E-state index is 14.2. The molecule has 0 bridgehead atoms. The van der Waals surface area contributed by atoms with Crippen LogP contribution in [0.2, 0.25) is 0 Å². The standard InChI is InChI=1S/C32H40FN3O/c1-35(2)29(24-11-8-12-25(33)21-24)22-15-18-32(19-16-22)30-27(26-13-6-7-14-28(26)34-30)17-20-36(32)31(37)23-9-4-3-5-10-23/h6-8,11-14,21-23,29,34H,3-5,9-10,15-20H2,1-2H3. The van der Waals surface area contributed by atoms with Gasteiger partial charge in [-0.1, -0.05) is 49.6 Å². The van der Waals surface area contributed by atoms with Crippen molar-refractivity contribution in [2.75, 3.05) is 20.6 Å². The quantitative estimate of drug-likeness (QED) is 0.420. The van der Waals surface area contributed by atoms with Crippen molar-refractivity contribution in [2.45, 2.75) is 75.8 Å². The van der Waals surface area contributed by atoms with Crippen LogP contribution in [0.15, 0.2) is 48.5 Å². The number of para-hydroxylation sites is 1. The SMILES string of the molecule is CN(C)C(c1cccc(F)c1)C1CCC2(CC1)c1[nH]c3ccccc3c1CCN2C(=O)C1CCCCC1. The summed E-state index contributed by atoms with van der Waals surface area (Å²) in [6.45, 7) is 0.815. The molecule has 2 aliphatic carbocycles. The second-order valence-corrected chi connectivity index (χ2v) is 11.9. The Balaban J connectivity index is 1.36. The largest absolute Gasteiger partial charge is 0.356 e. The molecule has 1 aliphatic heterocycles. The van der Waals surface area contributed by atoms with Gasteiger partial charge in [-0.15, -0.1) is 0 Å². The molecule has 1 atom stereocenters. The second kappa shape index (κ2) is 9.90. The number of H-pyrrole nitrogens is 1. The third-order valence-electron chi connectivity index (χ3n) is 9.65. The highest BCUT2D eigenvalue weighted by atomic mass is 19.1. The van der Waals surface area contributed by atoms with Gasteiger partial charge in [-0.3, -0.25) is 4.79 Å². The first-order chi connectivity index (χ1) is 18.0. The molecule has 6 rings (SSSR count). The van der Waals surface area contributed by atoms with E-state index in [1.165, 1.54) is 47.5 Å². The fourth-order valence-corrected chi connectivity index (χ4v) is 7.96. The molecule has 37 heavy (non-hydrogen) atoms. The number of aromatic nitrogens is 1. The van der Waals surface area contributed by atoms with E-state index >= 15 is 0 Å². The lowest BCUT2D eigenvalue weighted by Gasteiger charge is -2.52. The Morgan fingerprint density at radius 1 is 1.03 bits per heavy atom. The van der Waals surface area contributed by atoms with E-state index in [1.807, 2.05) is 6.07 Å². The van der Waals surface area contributed by atoms with Gasteiger partial charge >= 0.3 is 0 Å². The maximum Gasteiger partial charge on any atom is 0.226 e. The lowest BCUT2D eigenvalue weighted by atomic mass is 9.67. The normalized spacial score (nSPS) is 25.5. The minimum Gasteiger partial charge on any atom is -0.356 e. The summed E-state index contributed by atoms with van der Waals surface area (Å²) in [5.41, 5.74) is 4.67. The lowest BCUT2D eigenvalue weighted by molar-refractivity contribution is -0.147. The molecular weight excluding hydrogens is 461 g/mol. The van der Waals surface area contributed by atoms with Crippen LogP contribution in [-0.4, -0.2) is 41.3 Å². The molecule has 0 radical (unpaired) electrons. The predicted molar refractivity (Wildman–Crippen MR) is 147 cm³/mol. The first kappa shape index (κ1) is 24.7. The van der Waals surface area contributed by atoms with Gasteiger partial charge in [0.05, 0.1) is 5.54 Å². The average molecular weight is 502 g/mol. The van der Waals surface area contributed by atoms with Crippen molar-refractivity contribution in [3.63, 3.8) is 0 Å². The Hall–Kier alpha value is -2.66. The number of hydrogen-bond donors (Lipinski definition) is 1. The summed E-state index contributed by atoms with van der Waals surface area (Å²) in [4.78, 5) is 22.5. The molecule has 1 amide bonds. The third kappa shape index (κ3) is 4.29. The Labute approximate surface area is 220 Å². The fraction of sp³-hybridized carbons (Fsp3) is 0.531. The Morgan fingerprint density at radius 3 is 2.51 bits per heavy atom. The number of amides is 1. The summed E-state index contributed by atoms with van der Waals surface area (Å²) < 4.78 is 14.2. The fourth-order valence-electron chi connectivity index (χ4n) is 7.96. The zero-order valence-corrected chi connectivity index (χ0v) is 22.3. The Morgan fingerprint density at radius 2 is 1.78 bits per heavy atom. The van der Waals surface area contributed by atoms with Gasteiger partial charge in [0.15, 0.2) is 0 Å². The molecule has 4 nitrogen and oxygen atoms in total. The monoisotopic (exact) mass is 501 g/mol. The number of hydrogen-bond acceptors (Lipinski definition) is 2. The van der Waals surface area contributed by atoms with Gasteiger partial charge in [-0.05, 0) is 94.3 Å². The number of benzene rings is 2. The van der Waals surface area contributed by atoms with Gasteiger partial charge in [0, 0.05) is 35.1 Å². The number of carbonyl (C=O) groups is 1. The van der Waals surface area contributed by atoms with Crippen LogP contribution in [0.3, 0.4) is 0 Å². The molecule has 196 valence electrons. The first-order valence-corrected chi connectivity index (χ1v) is 14.3. The third-order valence-corrected chi connectivity index (χ3v) is 9.65. The highest BCUT2D eigenvalue weighted by molar-refractivity contribution is 5.87. The summed E-state index contributed by atoms with van der Waals surface area (Å²) in [6.07, 6.45) is 10.5. The van der Waals surface area contributed by atoms with Crippen molar-refractivity contribution in [1.82, 2.24) is 14.8 Å². The van der Waals surface area contributed by atoms with E-state index in [0.29, 0.717) is 11.8 Å². The second-order valence-electron chi connectivity index (χ2n) is 11.9. The van der Waals surface area contributed by atoms with Crippen LogP contribution < -0.4 is 0 Å². The van der Waals surface area contributed by atoms with E-state index in [1.54, 1.807) is 6.07 Å². The van der Waals surface area contributed by atoms with Crippen LogP contribution in [0.5, 0.6) is 0 Å². The topological polar surface area (TPSA) is 39.3 Å². The zero-order chi connectivity index (χ0) is 25.6. The number of rotatable bonds is 4. The van der Waals surface area contributed by atoms with Crippen molar-refractivity contribution in [3.8, 4) is 0 Å². The molecule has 0 saturated heterocycles. The Bertz CT molecular complexity index is 1270. The van der Waals surface area contributed by atoms with Crippen molar-refractivity contribution >= 4 is 16.8 Å². The summed E-state index contributed by atoms with van der Waals surface area (Å²) in [5, 5.41) is 1.31. The van der Waals surface area contributed by atoms with Crippen LogP contribution in [0, 0.1) is 17.7 Å². The predicted octanol–water partition coefficient (Wildman–Crippen LogP) is 6.96. The molecule has 1 spiro atoms. The Kier molecular flexibility index (Phi) is 6.60. The van der Waals surface area contributed by atoms with Crippen molar-refractivity contribution in [2.24, 2.45) is 11.8 Å². The number of carbonyl (C=O) groups excluding carboxylic acids is 1. The highest BCUT2D eigenvalue weighted by Crippen LogP contribution is 2.52. The van der Waals surface area contributed by atoms with Crippen LogP contribution in [0.4, 0.5) is 4.39 Å². The molecule has 1 N–H and O–H groups in total. The average Bonchev–Trinajstić information content (AvgIpc) is 3.30. The molecule has 3 aliphatic rings. The number of fused-ring (bicyclic) bond motifs is 4. The number of aromatic amines is 1. The van der Waals surface area contributed by atoms with E-state index < -0.39 is 0 Å². The number of nitrogens with zero attached hydrogens (tertiary/aromatic N) is 2. The molecule has 3 aromatic rings. The lowest BCUT2D eigenvalue weighted by Crippen LogP contribution is -2.57. The van der Waals surface area contributed by atoms with Crippen LogP contribution in [0.1, 0.15) is 80.7 Å². The first-order valence-electron chi connectivity index (χ1n) is 14.3. The number of halogens is 1. The molecule has 1 unspecified atom stereocenters. The maximum absolute atomic E-state index is 14.2. The summed E-state index contributed by atoms with van der Waals surface area (Å²) in [5.74, 6) is 0.813. The molecule has 1 aromatic heterocycles. The molecule has 2 aromatic carbocycles. The minimum atomic E-state index is -0.267. The van der Waals surface area contributed by atoms with Crippen molar-refractivity contribution in [3.05, 3.63) is 71.2 Å². The van der Waals surface area contributed by atoms with Gasteiger partial charge in [0.1, 0.15) is 5.82 Å². The molecule has 2 saturated carbocycles. The van der Waals surface area contributed by atoms with Gasteiger partial charge in [0.25, 0.3) is 0 Å². The van der Waals surface area contributed by atoms with E-state index in [4.69, 9.17) is 0 Å². The molecule has 2 fully saturated rings. The summed E-state index contributed by atoms with van der Waals surface area (Å²) in [6, 6.07) is 15.9. The summed E-state index contributed by atoms with van der Waals surface area (Å²) >= 11 is 0. The van der Waals surface area contributed by atoms with Gasteiger partial charge in [-0.2, -0.15) is 0 Å². The van der Waals surface area contributed by atoms with Crippen LogP contribution in [0.25, 0.3) is 10.9 Å². The molecule has 2 heterocycles.